The number of nitrogens with two attached hydrogens (primary N) is 1. The van der Waals surface area contributed by atoms with Crippen molar-refractivity contribution in [2.75, 3.05) is 36.5 Å². The number of amides is 1. The van der Waals surface area contributed by atoms with Gasteiger partial charge in [0.1, 0.15) is 5.75 Å². The second-order valence-corrected chi connectivity index (χ2v) is 7.93. The molecule has 1 aliphatic heterocycles. The molecule has 0 spiro atoms. The number of nitrogens with one attached hydrogen (secondary N) is 1. The second-order valence-electron chi connectivity index (χ2n) is 5.62. The first-order valence-corrected chi connectivity index (χ1v) is 9.21. The van der Waals surface area contributed by atoms with Gasteiger partial charge >= 0.3 is 6.36 Å². The highest BCUT2D eigenvalue weighted by Gasteiger charge is 2.31. The summed E-state index contributed by atoms with van der Waals surface area (Å²) in [4.78, 5) is 13.8. The van der Waals surface area contributed by atoms with Crippen LogP contribution < -0.4 is 15.8 Å². The standard InChI is InChI=1S/C14H18F3N3O4S/c15-14(16,17)24-11-3-1-2-10(8-11)19-13(21)12(18)9-20-4-6-25(22,23)7-5-20/h1-3,8,12H,4-7,9,18H2,(H,19,21)/t12-/m1/s1. The van der Waals surface area contributed by atoms with Crippen LogP contribution >= 0.6 is 0 Å². The maximum atomic E-state index is 12.2. The largest absolute Gasteiger partial charge is 0.573 e. The van der Waals surface area contributed by atoms with Crippen molar-refractivity contribution >= 4 is 21.4 Å². The summed E-state index contributed by atoms with van der Waals surface area (Å²) in [6.45, 7) is 0.733. The van der Waals surface area contributed by atoms with Gasteiger partial charge in [0, 0.05) is 31.4 Å². The first kappa shape index (κ1) is 19.5. The minimum Gasteiger partial charge on any atom is -0.406 e. The summed E-state index contributed by atoms with van der Waals surface area (Å²) in [5.74, 6) is -1.02. The smallest absolute Gasteiger partial charge is 0.406 e. The van der Waals surface area contributed by atoms with E-state index in [-0.39, 0.29) is 36.8 Å². The Morgan fingerprint density at radius 3 is 2.56 bits per heavy atom. The van der Waals surface area contributed by atoms with Gasteiger partial charge in [-0.15, -0.1) is 13.2 Å². The number of carbonyl (C=O) groups excluding carboxylic acids is 1. The van der Waals surface area contributed by atoms with E-state index in [9.17, 15) is 26.4 Å². The van der Waals surface area contributed by atoms with E-state index in [1.165, 1.54) is 12.1 Å². The lowest BCUT2D eigenvalue weighted by Crippen LogP contribution is -2.49. The topological polar surface area (TPSA) is 102 Å². The van der Waals surface area contributed by atoms with Crippen LogP contribution in [0.1, 0.15) is 0 Å². The summed E-state index contributed by atoms with van der Waals surface area (Å²) in [5.41, 5.74) is 5.90. The Bertz CT molecular complexity index is 710. The Hall–Kier alpha value is -1.85. The number of benzene rings is 1. The SMILES string of the molecule is N[C@H](CN1CCS(=O)(=O)CC1)C(=O)Nc1cccc(OC(F)(F)F)c1. The number of nitrogens with zero attached hydrogens (tertiary/aromatic N) is 1. The lowest BCUT2D eigenvalue weighted by Gasteiger charge is -2.28. The first-order valence-electron chi connectivity index (χ1n) is 7.39. The molecule has 0 unspecified atom stereocenters. The van der Waals surface area contributed by atoms with Gasteiger partial charge in [0.05, 0.1) is 17.5 Å². The van der Waals surface area contributed by atoms with E-state index >= 15 is 0 Å². The number of ether oxygens (including phenoxy) is 1. The number of hydrogen-bond acceptors (Lipinski definition) is 6. The summed E-state index contributed by atoms with van der Waals surface area (Å²) in [7, 11) is -3.03. The average molecular weight is 381 g/mol. The minimum absolute atomic E-state index is 0.0121. The van der Waals surface area contributed by atoms with Crippen molar-refractivity contribution in [3.05, 3.63) is 24.3 Å². The molecule has 140 valence electrons. The van der Waals surface area contributed by atoms with E-state index in [1.54, 1.807) is 4.90 Å². The zero-order chi connectivity index (χ0) is 18.7. The van der Waals surface area contributed by atoms with Crippen molar-refractivity contribution < 1.29 is 31.1 Å². The molecule has 1 aliphatic rings. The number of halogens is 3. The van der Waals surface area contributed by atoms with Crippen molar-refractivity contribution in [2.24, 2.45) is 5.73 Å². The fraction of sp³-hybridized carbons (Fsp3) is 0.500. The van der Waals surface area contributed by atoms with E-state index in [0.29, 0.717) is 0 Å². The molecule has 7 nitrogen and oxygen atoms in total. The normalized spacial score (nSPS) is 19.2. The number of rotatable bonds is 5. The molecule has 0 bridgehead atoms. The quantitative estimate of drug-likeness (QED) is 0.774. The summed E-state index contributed by atoms with van der Waals surface area (Å²) in [5, 5.41) is 2.42. The third kappa shape index (κ3) is 6.52. The molecule has 1 amide bonds. The van der Waals surface area contributed by atoms with Crippen LogP contribution in [-0.4, -0.2) is 62.8 Å². The predicted molar refractivity (Wildman–Crippen MR) is 84.8 cm³/mol. The molecule has 1 aromatic rings. The van der Waals surface area contributed by atoms with Crippen LogP contribution in [-0.2, 0) is 14.6 Å². The number of sulfone groups is 1. The van der Waals surface area contributed by atoms with Gasteiger partial charge in [0.15, 0.2) is 9.84 Å². The molecule has 11 heteroatoms. The zero-order valence-electron chi connectivity index (χ0n) is 13.1. The molecule has 0 aliphatic carbocycles. The highest BCUT2D eigenvalue weighted by atomic mass is 32.2. The van der Waals surface area contributed by atoms with Crippen LogP contribution in [0.15, 0.2) is 24.3 Å². The minimum atomic E-state index is -4.83. The van der Waals surface area contributed by atoms with Crippen molar-refractivity contribution in [2.45, 2.75) is 12.4 Å². The van der Waals surface area contributed by atoms with Gasteiger partial charge in [-0.05, 0) is 12.1 Å². The maximum Gasteiger partial charge on any atom is 0.573 e. The van der Waals surface area contributed by atoms with Crippen molar-refractivity contribution in [3.8, 4) is 5.75 Å². The van der Waals surface area contributed by atoms with Gasteiger partial charge in [-0.25, -0.2) is 8.42 Å². The van der Waals surface area contributed by atoms with Crippen LogP contribution in [0.25, 0.3) is 0 Å². The fourth-order valence-electron chi connectivity index (χ4n) is 2.30. The number of alkyl halides is 3. The van der Waals surface area contributed by atoms with Crippen LogP contribution in [0, 0.1) is 0 Å². The Balaban J connectivity index is 1.90. The molecule has 0 saturated carbocycles. The molecular formula is C14H18F3N3O4S. The van der Waals surface area contributed by atoms with Crippen LogP contribution in [0.4, 0.5) is 18.9 Å². The first-order chi connectivity index (χ1) is 11.5. The Morgan fingerprint density at radius 2 is 1.96 bits per heavy atom. The fourth-order valence-corrected chi connectivity index (χ4v) is 3.58. The molecule has 2 rings (SSSR count). The molecule has 1 heterocycles. The number of carbonyl (C=O) groups is 1. The molecule has 1 aromatic carbocycles. The van der Waals surface area contributed by atoms with E-state index < -0.39 is 33.9 Å². The Kier molecular flexibility index (Phi) is 5.91. The lowest BCUT2D eigenvalue weighted by molar-refractivity contribution is -0.274. The van der Waals surface area contributed by atoms with Gasteiger partial charge in [0.25, 0.3) is 0 Å². The Labute approximate surface area is 142 Å². The summed E-state index contributed by atoms with van der Waals surface area (Å²) < 4.78 is 63.1. The lowest BCUT2D eigenvalue weighted by atomic mass is 10.2. The molecular weight excluding hydrogens is 363 g/mol. The van der Waals surface area contributed by atoms with Crippen LogP contribution in [0.2, 0.25) is 0 Å². The molecule has 25 heavy (non-hydrogen) atoms. The zero-order valence-corrected chi connectivity index (χ0v) is 13.9. The Morgan fingerprint density at radius 1 is 1.32 bits per heavy atom. The molecule has 3 N–H and O–H groups in total. The predicted octanol–water partition coefficient (Wildman–Crippen LogP) is 0.581. The number of hydrogen-bond donors (Lipinski definition) is 2. The third-order valence-corrected chi connectivity index (χ3v) is 5.17. The molecule has 1 atom stereocenters. The summed E-state index contributed by atoms with van der Waals surface area (Å²) in [6.07, 6.45) is -4.83. The van der Waals surface area contributed by atoms with E-state index in [1.807, 2.05) is 0 Å². The van der Waals surface area contributed by atoms with Gasteiger partial charge < -0.3 is 15.8 Å². The number of anilines is 1. The highest BCUT2D eigenvalue weighted by molar-refractivity contribution is 7.91. The molecule has 1 saturated heterocycles. The van der Waals surface area contributed by atoms with Crippen LogP contribution in [0.3, 0.4) is 0 Å². The third-order valence-electron chi connectivity index (χ3n) is 3.56. The van der Waals surface area contributed by atoms with Crippen molar-refractivity contribution in [1.82, 2.24) is 4.90 Å². The van der Waals surface area contributed by atoms with Crippen LogP contribution in [0.5, 0.6) is 5.75 Å². The molecule has 0 radical (unpaired) electrons. The monoisotopic (exact) mass is 381 g/mol. The summed E-state index contributed by atoms with van der Waals surface area (Å²) >= 11 is 0. The van der Waals surface area contributed by atoms with Gasteiger partial charge in [-0.3, -0.25) is 9.69 Å². The van der Waals surface area contributed by atoms with Crippen molar-refractivity contribution in [1.29, 1.82) is 0 Å². The molecule has 0 aromatic heterocycles. The highest BCUT2D eigenvalue weighted by Crippen LogP contribution is 2.25. The maximum absolute atomic E-state index is 12.2. The molecule has 1 fully saturated rings. The van der Waals surface area contributed by atoms with Gasteiger partial charge in [-0.2, -0.15) is 0 Å². The van der Waals surface area contributed by atoms with Crippen molar-refractivity contribution in [3.63, 3.8) is 0 Å². The van der Waals surface area contributed by atoms with Gasteiger partial charge in [-0.1, -0.05) is 6.07 Å². The van der Waals surface area contributed by atoms with E-state index in [0.717, 1.165) is 12.1 Å². The average Bonchev–Trinajstić information content (AvgIpc) is 2.48. The van der Waals surface area contributed by atoms with E-state index in [2.05, 4.69) is 10.1 Å². The summed E-state index contributed by atoms with van der Waals surface area (Å²) in [6, 6.07) is 3.90. The van der Waals surface area contributed by atoms with E-state index in [4.69, 9.17) is 5.73 Å². The van der Waals surface area contributed by atoms with Gasteiger partial charge in [0.2, 0.25) is 5.91 Å². The second kappa shape index (κ2) is 7.58.